The van der Waals surface area contributed by atoms with Gasteiger partial charge in [-0.15, -0.1) is 10.2 Å². The molecule has 0 radical (unpaired) electrons. The van der Waals surface area contributed by atoms with Crippen molar-refractivity contribution in [1.82, 2.24) is 25.2 Å². The number of nitrogens with zero attached hydrogens (tertiary/aromatic N) is 5. The molecule has 3 aromatic rings. The Morgan fingerprint density at radius 2 is 2.08 bits per heavy atom. The Balaban J connectivity index is 1.52. The van der Waals surface area contributed by atoms with Gasteiger partial charge in [-0.3, -0.25) is 4.98 Å². The summed E-state index contributed by atoms with van der Waals surface area (Å²) in [6.45, 7) is 0.175. The molecule has 0 saturated heterocycles. The van der Waals surface area contributed by atoms with Crippen LogP contribution in [0.5, 0.6) is 5.75 Å². The van der Waals surface area contributed by atoms with Crippen molar-refractivity contribution in [1.29, 1.82) is 0 Å². The van der Waals surface area contributed by atoms with Crippen molar-refractivity contribution in [2.45, 2.75) is 12.6 Å². The van der Waals surface area contributed by atoms with E-state index in [2.05, 4.69) is 25.1 Å². The fourth-order valence-electron chi connectivity index (χ4n) is 2.17. The van der Waals surface area contributed by atoms with Gasteiger partial charge in [0.25, 0.3) is 0 Å². The summed E-state index contributed by atoms with van der Waals surface area (Å²) in [6.07, 6.45) is 2.47. The highest BCUT2D eigenvalue weighted by Crippen LogP contribution is 2.14. The molecule has 1 aromatic carbocycles. The molecule has 0 bridgehead atoms. The molecule has 3 rings (SSSR count). The highest BCUT2D eigenvalue weighted by Gasteiger charge is 2.12. The lowest BCUT2D eigenvalue weighted by Gasteiger charge is -2.11. The van der Waals surface area contributed by atoms with E-state index in [1.165, 1.54) is 11.9 Å². The van der Waals surface area contributed by atoms with Gasteiger partial charge < -0.3 is 14.6 Å². The van der Waals surface area contributed by atoms with Crippen LogP contribution in [0.2, 0.25) is 0 Å². The van der Waals surface area contributed by atoms with Gasteiger partial charge in [0.15, 0.2) is 0 Å². The first-order valence-electron chi connectivity index (χ1n) is 7.83. The molecule has 0 aliphatic rings. The van der Waals surface area contributed by atoms with E-state index in [4.69, 9.17) is 4.74 Å². The summed E-state index contributed by atoms with van der Waals surface area (Å²) in [5.41, 5.74) is 1.17. The zero-order valence-corrected chi connectivity index (χ0v) is 14.0. The Morgan fingerprint density at radius 3 is 2.77 bits per heavy atom. The topological polar surface area (TPSA) is 112 Å². The van der Waals surface area contributed by atoms with Gasteiger partial charge >= 0.3 is 5.97 Å². The predicted molar refractivity (Wildman–Crippen MR) is 90.3 cm³/mol. The Kier molecular flexibility index (Phi) is 5.49. The fourth-order valence-corrected chi connectivity index (χ4v) is 2.17. The maximum Gasteiger partial charge on any atom is 0.337 e. The summed E-state index contributed by atoms with van der Waals surface area (Å²) in [5.74, 6) is 0.544. The van der Waals surface area contributed by atoms with Gasteiger partial charge in [0, 0.05) is 18.0 Å². The molecule has 1 atom stereocenters. The summed E-state index contributed by atoms with van der Waals surface area (Å²) >= 11 is 0. The van der Waals surface area contributed by atoms with Crippen LogP contribution < -0.4 is 4.74 Å². The first-order chi connectivity index (χ1) is 12.7. The molecular formula is C17H17N5O4. The minimum atomic E-state index is -0.828. The molecular weight excluding hydrogens is 338 g/mol. The first-order valence-corrected chi connectivity index (χ1v) is 7.83. The number of aliphatic hydroxyl groups excluding tert-OH is 1. The Morgan fingerprint density at radius 1 is 1.27 bits per heavy atom. The van der Waals surface area contributed by atoms with Crippen molar-refractivity contribution in [2.75, 3.05) is 13.7 Å². The predicted octanol–water partition coefficient (Wildman–Crippen LogP) is 0.962. The van der Waals surface area contributed by atoms with Crippen molar-refractivity contribution in [3.63, 3.8) is 0 Å². The number of aliphatic hydroxyl groups is 1. The van der Waals surface area contributed by atoms with Crippen molar-refractivity contribution in [3.8, 4) is 17.1 Å². The molecule has 2 heterocycles. The van der Waals surface area contributed by atoms with Crippen LogP contribution in [0.25, 0.3) is 11.4 Å². The van der Waals surface area contributed by atoms with Gasteiger partial charge in [-0.1, -0.05) is 0 Å². The highest BCUT2D eigenvalue weighted by molar-refractivity contribution is 5.89. The highest BCUT2D eigenvalue weighted by atomic mass is 16.5. The number of pyridine rings is 1. The molecule has 0 spiro atoms. The number of esters is 1. The Bertz CT molecular complexity index is 851. The Labute approximate surface area is 149 Å². The number of carbonyl (C=O) groups excluding carboxylic acids is 1. The van der Waals surface area contributed by atoms with Gasteiger partial charge in [-0.2, -0.15) is 4.80 Å². The van der Waals surface area contributed by atoms with Gasteiger partial charge in [0.2, 0.25) is 5.82 Å². The summed E-state index contributed by atoms with van der Waals surface area (Å²) in [5, 5.41) is 22.1. The van der Waals surface area contributed by atoms with Gasteiger partial charge in [0.05, 0.1) is 19.2 Å². The lowest BCUT2D eigenvalue weighted by atomic mass is 10.2. The molecule has 1 N–H and O–H groups in total. The van der Waals surface area contributed by atoms with E-state index in [0.717, 1.165) is 5.56 Å². The number of methoxy groups -OCH3 is 1. The molecule has 0 aliphatic heterocycles. The van der Waals surface area contributed by atoms with Crippen molar-refractivity contribution >= 4 is 5.97 Å². The molecule has 0 fully saturated rings. The average molecular weight is 355 g/mol. The molecule has 2 aromatic heterocycles. The molecule has 0 amide bonds. The molecule has 0 saturated carbocycles. The first kappa shape index (κ1) is 17.5. The second kappa shape index (κ2) is 8.17. The minimum Gasteiger partial charge on any atom is -0.491 e. The SMILES string of the molecule is COC(=O)c1ccc(OC[C@H](O)Cn2nnc(-c3cccnc3)n2)cc1. The third-order valence-corrected chi connectivity index (χ3v) is 3.46. The quantitative estimate of drug-likeness (QED) is 0.624. The third-order valence-electron chi connectivity index (χ3n) is 3.46. The molecule has 0 aliphatic carbocycles. The smallest absolute Gasteiger partial charge is 0.337 e. The maximum absolute atomic E-state index is 11.4. The second-order valence-corrected chi connectivity index (χ2v) is 5.39. The number of tetrazole rings is 1. The van der Waals surface area contributed by atoms with E-state index in [0.29, 0.717) is 17.1 Å². The number of carbonyl (C=O) groups is 1. The molecule has 0 unspecified atom stereocenters. The van der Waals surface area contributed by atoms with Crippen LogP contribution in [0, 0.1) is 0 Å². The van der Waals surface area contributed by atoms with Crippen molar-refractivity contribution in [2.24, 2.45) is 0 Å². The summed E-state index contributed by atoms with van der Waals surface area (Å²) in [4.78, 5) is 16.7. The minimum absolute atomic E-state index is 0.0430. The van der Waals surface area contributed by atoms with E-state index in [1.807, 2.05) is 6.07 Å². The van der Waals surface area contributed by atoms with Crippen LogP contribution in [-0.4, -0.2) is 56.1 Å². The van der Waals surface area contributed by atoms with Crippen LogP contribution in [0.15, 0.2) is 48.8 Å². The lowest BCUT2D eigenvalue weighted by molar-refractivity contribution is 0.0600. The van der Waals surface area contributed by atoms with Crippen LogP contribution >= 0.6 is 0 Å². The van der Waals surface area contributed by atoms with Crippen LogP contribution in [0.4, 0.5) is 0 Å². The second-order valence-electron chi connectivity index (χ2n) is 5.39. The number of hydrogen-bond donors (Lipinski definition) is 1. The van der Waals surface area contributed by atoms with Crippen molar-refractivity contribution < 1.29 is 19.4 Å². The normalized spacial score (nSPS) is 11.8. The zero-order chi connectivity index (χ0) is 18.4. The van der Waals surface area contributed by atoms with E-state index in [9.17, 15) is 9.90 Å². The van der Waals surface area contributed by atoms with Crippen LogP contribution in [0.3, 0.4) is 0 Å². The molecule has 9 heteroatoms. The third kappa shape index (κ3) is 4.39. The summed E-state index contributed by atoms with van der Waals surface area (Å²) < 4.78 is 10.1. The number of rotatable bonds is 7. The zero-order valence-electron chi connectivity index (χ0n) is 14.0. The maximum atomic E-state index is 11.4. The fraction of sp³-hybridized carbons (Fsp3) is 0.235. The van der Waals surface area contributed by atoms with E-state index in [1.54, 1.807) is 42.7 Å². The number of hydrogen-bond acceptors (Lipinski definition) is 8. The monoisotopic (exact) mass is 355 g/mol. The number of ether oxygens (including phenoxy) is 2. The van der Waals surface area contributed by atoms with Crippen LogP contribution in [-0.2, 0) is 11.3 Å². The average Bonchev–Trinajstić information content (AvgIpc) is 3.15. The summed E-state index contributed by atoms with van der Waals surface area (Å²) in [7, 11) is 1.32. The Hall–Kier alpha value is -3.33. The molecule has 9 nitrogen and oxygen atoms in total. The van der Waals surface area contributed by atoms with Crippen LogP contribution in [0.1, 0.15) is 10.4 Å². The van der Waals surface area contributed by atoms with E-state index >= 15 is 0 Å². The molecule has 26 heavy (non-hydrogen) atoms. The lowest BCUT2D eigenvalue weighted by Crippen LogP contribution is -2.25. The molecule has 134 valence electrons. The standard InChI is InChI=1S/C17H17N5O4/c1-25-17(24)12-4-6-15(7-5-12)26-11-14(23)10-22-20-16(19-21-22)13-3-2-8-18-9-13/h2-9,14,23H,10-11H2,1H3/t14-/m1/s1. The van der Waals surface area contributed by atoms with E-state index < -0.39 is 12.1 Å². The number of aromatic nitrogens is 5. The van der Waals surface area contributed by atoms with Crippen molar-refractivity contribution in [3.05, 3.63) is 54.4 Å². The number of benzene rings is 1. The van der Waals surface area contributed by atoms with Gasteiger partial charge in [-0.25, -0.2) is 4.79 Å². The van der Waals surface area contributed by atoms with Gasteiger partial charge in [0.1, 0.15) is 18.5 Å². The van der Waals surface area contributed by atoms with E-state index in [-0.39, 0.29) is 13.2 Å². The summed E-state index contributed by atoms with van der Waals surface area (Å²) in [6, 6.07) is 10.1. The van der Waals surface area contributed by atoms with Gasteiger partial charge in [-0.05, 0) is 41.6 Å². The largest absolute Gasteiger partial charge is 0.491 e.